The van der Waals surface area contributed by atoms with Gasteiger partial charge in [0.05, 0.1) is 12.1 Å². The molecule has 1 aliphatic heterocycles. The minimum absolute atomic E-state index is 0.0285. The normalized spacial score (nSPS) is 35.5. The molecule has 1 N–H and O–H groups in total. The molecule has 0 bridgehead atoms. The molecule has 118 valence electrons. The van der Waals surface area contributed by atoms with Crippen LogP contribution in [0.5, 0.6) is 0 Å². The molecule has 0 radical (unpaired) electrons. The van der Waals surface area contributed by atoms with Crippen LogP contribution in [-0.4, -0.2) is 47.6 Å². The first-order valence-electron chi connectivity index (χ1n) is 8.30. The predicted molar refractivity (Wildman–Crippen MR) is 78.7 cm³/mol. The average Bonchev–Trinajstić information content (AvgIpc) is 3.12. The van der Waals surface area contributed by atoms with Crippen molar-refractivity contribution in [3.8, 4) is 0 Å². The molecule has 3 unspecified atom stereocenters. The molecule has 5 heteroatoms. The number of carbonyl (C=O) groups excluding carboxylic acids is 2. The molecule has 1 spiro atoms. The van der Waals surface area contributed by atoms with E-state index >= 15 is 0 Å². The van der Waals surface area contributed by atoms with Crippen LogP contribution >= 0.6 is 0 Å². The smallest absolute Gasteiger partial charge is 0.249 e. The van der Waals surface area contributed by atoms with Crippen molar-refractivity contribution in [1.82, 2.24) is 10.2 Å². The molecule has 3 fully saturated rings. The van der Waals surface area contributed by atoms with Crippen LogP contribution in [0.1, 0.15) is 58.3 Å². The van der Waals surface area contributed by atoms with E-state index in [1.165, 1.54) is 0 Å². The summed E-state index contributed by atoms with van der Waals surface area (Å²) in [7, 11) is 1.71. The molecule has 0 aromatic carbocycles. The van der Waals surface area contributed by atoms with Gasteiger partial charge < -0.3 is 15.0 Å². The third-order valence-corrected chi connectivity index (χ3v) is 5.57. The molecule has 1 saturated heterocycles. The lowest BCUT2D eigenvalue weighted by Crippen LogP contribution is -2.71. The van der Waals surface area contributed by atoms with Crippen molar-refractivity contribution in [2.24, 2.45) is 0 Å². The Morgan fingerprint density at radius 1 is 1.24 bits per heavy atom. The first-order chi connectivity index (χ1) is 10.1. The minimum Gasteiger partial charge on any atom is -0.379 e. The SMILES string of the molecule is CCC1C(=O)NC2(CCCC2)C(=O)N1C1CCCC1OC. The Hall–Kier alpha value is -1.10. The summed E-state index contributed by atoms with van der Waals surface area (Å²) in [5, 5.41) is 3.06. The molecule has 2 aliphatic carbocycles. The number of amides is 2. The Morgan fingerprint density at radius 3 is 2.57 bits per heavy atom. The molecule has 0 aromatic rings. The summed E-state index contributed by atoms with van der Waals surface area (Å²) < 4.78 is 5.58. The summed E-state index contributed by atoms with van der Waals surface area (Å²) in [6.07, 6.45) is 7.36. The molecule has 0 aromatic heterocycles. The molecule has 5 nitrogen and oxygen atoms in total. The van der Waals surface area contributed by atoms with Crippen LogP contribution < -0.4 is 5.32 Å². The Bertz CT molecular complexity index is 431. The molecular weight excluding hydrogens is 268 g/mol. The van der Waals surface area contributed by atoms with Crippen molar-refractivity contribution in [3.05, 3.63) is 0 Å². The monoisotopic (exact) mass is 294 g/mol. The highest BCUT2D eigenvalue weighted by Gasteiger charge is 2.54. The van der Waals surface area contributed by atoms with E-state index in [0.29, 0.717) is 6.42 Å². The summed E-state index contributed by atoms with van der Waals surface area (Å²) in [5.41, 5.74) is -0.621. The van der Waals surface area contributed by atoms with Gasteiger partial charge in [0.1, 0.15) is 11.6 Å². The Balaban J connectivity index is 1.93. The van der Waals surface area contributed by atoms with Gasteiger partial charge in [0.15, 0.2) is 0 Å². The van der Waals surface area contributed by atoms with Crippen LogP contribution in [0.2, 0.25) is 0 Å². The fourth-order valence-corrected chi connectivity index (χ4v) is 4.47. The van der Waals surface area contributed by atoms with E-state index in [1.54, 1.807) is 7.11 Å². The van der Waals surface area contributed by atoms with E-state index in [4.69, 9.17) is 4.74 Å². The number of rotatable bonds is 3. The van der Waals surface area contributed by atoms with Crippen molar-refractivity contribution in [1.29, 1.82) is 0 Å². The minimum atomic E-state index is -0.621. The number of nitrogens with one attached hydrogen (secondary N) is 1. The van der Waals surface area contributed by atoms with Gasteiger partial charge in [0, 0.05) is 7.11 Å². The number of piperazine rings is 1. The molecule has 2 amide bonds. The maximum atomic E-state index is 13.2. The zero-order valence-corrected chi connectivity index (χ0v) is 13.1. The van der Waals surface area contributed by atoms with Crippen LogP contribution in [-0.2, 0) is 14.3 Å². The third kappa shape index (κ3) is 2.26. The summed E-state index contributed by atoms with van der Waals surface area (Å²) >= 11 is 0. The number of carbonyl (C=O) groups is 2. The van der Waals surface area contributed by atoms with E-state index in [0.717, 1.165) is 44.9 Å². The number of methoxy groups -OCH3 is 1. The Morgan fingerprint density at radius 2 is 1.95 bits per heavy atom. The summed E-state index contributed by atoms with van der Waals surface area (Å²) in [6, 6.07) is -0.263. The zero-order chi connectivity index (χ0) is 15.0. The molecule has 3 atom stereocenters. The van der Waals surface area contributed by atoms with Gasteiger partial charge in [-0.05, 0) is 38.5 Å². The summed E-state index contributed by atoms with van der Waals surface area (Å²) in [6.45, 7) is 1.98. The van der Waals surface area contributed by atoms with E-state index in [-0.39, 0.29) is 30.0 Å². The maximum Gasteiger partial charge on any atom is 0.249 e. The number of hydrogen-bond donors (Lipinski definition) is 1. The highest BCUT2D eigenvalue weighted by atomic mass is 16.5. The summed E-state index contributed by atoms with van der Waals surface area (Å²) in [5.74, 6) is 0.168. The van der Waals surface area contributed by atoms with Crippen molar-refractivity contribution >= 4 is 11.8 Å². The van der Waals surface area contributed by atoms with Gasteiger partial charge in [-0.1, -0.05) is 19.8 Å². The second kappa shape index (κ2) is 5.59. The second-order valence-electron chi connectivity index (χ2n) is 6.69. The van der Waals surface area contributed by atoms with Crippen molar-refractivity contribution in [2.75, 3.05) is 7.11 Å². The highest BCUT2D eigenvalue weighted by Crippen LogP contribution is 2.38. The van der Waals surface area contributed by atoms with Crippen molar-refractivity contribution in [2.45, 2.75) is 82.0 Å². The molecule has 3 rings (SSSR count). The second-order valence-corrected chi connectivity index (χ2v) is 6.69. The molecule has 2 saturated carbocycles. The summed E-state index contributed by atoms with van der Waals surface area (Å²) in [4.78, 5) is 27.6. The van der Waals surface area contributed by atoms with Crippen LogP contribution in [0.15, 0.2) is 0 Å². The lowest BCUT2D eigenvalue weighted by Gasteiger charge is -2.47. The van der Waals surface area contributed by atoms with Crippen LogP contribution in [0.25, 0.3) is 0 Å². The van der Waals surface area contributed by atoms with E-state index in [9.17, 15) is 9.59 Å². The van der Waals surface area contributed by atoms with Gasteiger partial charge >= 0.3 is 0 Å². The van der Waals surface area contributed by atoms with Crippen molar-refractivity contribution in [3.63, 3.8) is 0 Å². The van der Waals surface area contributed by atoms with Gasteiger partial charge in [-0.3, -0.25) is 9.59 Å². The first-order valence-corrected chi connectivity index (χ1v) is 8.30. The van der Waals surface area contributed by atoms with Gasteiger partial charge in [-0.25, -0.2) is 0 Å². The standard InChI is InChI=1S/C16H26N2O3/c1-3-11-14(19)17-16(9-4-5-10-16)15(20)18(11)12-7-6-8-13(12)21-2/h11-13H,3-10H2,1-2H3,(H,17,19). The predicted octanol–water partition coefficient (Wildman–Crippen LogP) is 1.60. The largest absolute Gasteiger partial charge is 0.379 e. The average molecular weight is 294 g/mol. The van der Waals surface area contributed by atoms with Gasteiger partial charge in [0.2, 0.25) is 11.8 Å². The quantitative estimate of drug-likeness (QED) is 0.860. The zero-order valence-electron chi connectivity index (χ0n) is 13.1. The van der Waals surface area contributed by atoms with E-state index in [1.807, 2.05) is 11.8 Å². The van der Waals surface area contributed by atoms with E-state index in [2.05, 4.69) is 5.32 Å². The first kappa shape index (κ1) is 14.8. The fraction of sp³-hybridized carbons (Fsp3) is 0.875. The van der Waals surface area contributed by atoms with E-state index < -0.39 is 5.54 Å². The molecule has 21 heavy (non-hydrogen) atoms. The van der Waals surface area contributed by atoms with Crippen molar-refractivity contribution < 1.29 is 14.3 Å². The van der Waals surface area contributed by atoms with Crippen LogP contribution in [0.4, 0.5) is 0 Å². The lowest BCUT2D eigenvalue weighted by molar-refractivity contribution is -0.160. The molecule has 3 aliphatic rings. The lowest BCUT2D eigenvalue weighted by atomic mass is 9.88. The molecular formula is C16H26N2O3. The third-order valence-electron chi connectivity index (χ3n) is 5.57. The van der Waals surface area contributed by atoms with Gasteiger partial charge in [-0.15, -0.1) is 0 Å². The topological polar surface area (TPSA) is 58.6 Å². The number of ether oxygens (including phenoxy) is 1. The molecule has 1 heterocycles. The number of hydrogen-bond acceptors (Lipinski definition) is 3. The van der Waals surface area contributed by atoms with Crippen LogP contribution in [0, 0.1) is 0 Å². The number of nitrogens with zero attached hydrogens (tertiary/aromatic N) is 1. The maximum absolute atomic E-state index is 13.2. The fourth-order valence-electron chi connectivity index (χ4n) is 4.47. The Labute approximate surface area is 126 Å². The highest BCUT2D eigenvalue weighted by molar-refractivity contribution is 6.00. The van der Waals surface area contributed by atoms with Gasteiger partial charge in [-0.2, -0.15) is 0 Å². The Kier molecular flexibility index (Phi) is 3.95. The van der Waals surface area contributed by atoms with Crippen LogP contribution in [0.3, 0.4) is 0 Å². The van der Waals surface area contributed by atoms with Gasteiger partial charge in [0.25, 0.3) is 0 Å².